The topological polar surface area (TPSA) is 55.6 Å². The second kappa shape index (κ2) is 5.81. The van der Waals surface area contributed by atoms with Gasteiger partial charge in [-0.2, -0.15) is 0 Å². The van der Waals surface area contributed by atoms with Gasteiger partial charge in [-0.05, 0) is 0 Å². The summed E-state index contributed by atoms with van der Waals surface area (Å²) >= 11 is 0. The number of nitrogens with two attached hydrogens (primary N) is 1. The average molecular weight is 155 g/mol. The van der Waals surface area contributed by atoms with Gasteiger partial charge in [-0.1, -0.05) is 0 Å². The molecule has 9 heavy (non-hydrogen) atoms. The van der Waals surface area contributed by atoms with Gasteiger partial charge in [-0.15, -0.1) is 17.5 Å². The summed E-state index contributed by atoms with van der Waals surface area (Å²) in [5.74, 6) is -0.421. The molecule has 0 saturated carbocycles. The van der Waals surface area contributed by atoms with Gasteiger partial charge in [0.05, 0.1) is 6.54 Å². The zero-order chi connectivity index (χ0) is 6.57. The third kappa shape index (κ3) is 7.68. The maximum Gasteiger partial charge on any atom is 0.338 e. The van der Waals surface area contributed by atoms with Crippen LogP contribution in [-0.2, 0) is 9.63 Å². The van der Waals surface area contributed by atoms with Crippen molar-refractivity contribution in [3.63, 3.8) is 0 Å². The normalized spacial score (nSPS) is 8.44. The number of carbonyl (C=O) groups excluding carboxylic acids is 1. The molecule has 0 amide bonds. The summed E-state index contributed by atoms with van der Waals surface area (Å²) in [6, 6.07) is 0. The predicted octanol–water partition coefficient (Wildman–Crippen LogP) is -0.613. The number of hydrogen-bond acceptors (Lipinski definition) is 4. The molecule has 2 N–H and O–H groups in total. The fourth-order valence-corrected chi connectivity index (χ4v) is 0.241. The molecule has 0 atom stereocenters. The minimum Gasteiger partial charge on any atom is -0.367 e. The monoisotopic (exact) mass is 154 g/mol. The summed E-state index contributed by atoms with van der Waals surface area (Å²) in [7, 11) is 3.24. The van der Waals surface area contributed by atoms with E-state index < -0.39 is 5.97 Å². The SMILES string of the molecule is CN(C)OC(=O)CN.Cl. The molecule has 0 heterocycles. The molecule has 56 valence electrons. The van der Waals surface area contributed by atoms with Crippen molar-refractivity contribution in [2.45, 2.75) is 0 Å². The van der Waals surface area contributed by atoms with Crippen molar-refractivity contribution in [1.29, 1.82) is 0 Å². The summed E-state index contributed by atoms with van der Waals surface area (Å²) in [5, 5.41) is 1.30. The molecule has 5 heteroatoms. The molecule has 0 saturated heterocycles. The van der Waals surface area contributed by atoms with Crippen LogP contribution < -0.4 is 5.73 Å². The van der Waals surface area contributed by atoms with Crippen molar-refractivity contribution >= 4 is 18.4 Å². The van der Waals surface area contributed by atoms with Crippen LogP contribution in [0, 0.1) is 0 Å². The molecule has 0 aliphatic heterocycles. The van der Waals surface area contributed by atoms with Gasteiger partial charge in [0.15, 0.2) is 0 Å². The molecule has 0 unspecified atom stereocenters. The molecule has 0 rings (SSSR count). The fourth-order valence-electron chi connectivity index (χ4n) is 0.241. The fraction of sp³-hybridized carbons (Fsp3) is 0.750. The van der Waals surface area contributed by atoms with Crippen LogP contribution in [0.4, 0.5) is 0 Å². The quantitative estimate of drug-likeness (QED) is 0.539. The van der Waals surface area contributed by atoms with E-state index in [0.29, 0.717) is 0 Å². The van der Waals surface area contributed by atoms with Gasteiger partial charge in [-0.25, -0.2) is 4.79 Å². The summed E-state index contributed by atoms with van der Waals surface area (Å²) < 4.78 is 0. The Labute approximate surface area is 60.3 Å². The first-order valence-corrected chi connectivity index (χ1v) is 2.25. The Kier molecular flexibility index (Phi) is 7.41. The van der Waals surface area contributed by atoms with Crippen molar-refractivity contribution in [2.24, 2.45) is 5.73 Å². The van der Waals surface area contributed by atoms with Crippen LogP contribution in [-0.4, -0.2) is 31.7 Å². The Bertz CT molecular complexity index is 86.6. The lowest BCUT2D eigenvalue weighted by Gasteiger charge is -2.07. The first-order chi connectivity index (χ1) is 3.66. The zero-order valence-electron chi connectivity index (χ0n) is 5.46. The van der Waals surface area contributed by atoms with Crippen LogP contribution >= 0.6 is 12.4 Å². The summed E-state index contributed by atoms with van der Waals surface area (Å²) in [4.78, 5) is 14.7. The molecule has 0 spiro atoms. The highest BCUT2D eigenvalue weighted by molar-refractivity contribution is 5.85. The van der Waals surface area contributed by atoms with E-state index >= 15 is 0 Å². The summed E-state index contributed by atoms with van der Waals surface area (Å²) in [5.41, 5.74) is 4.92. The highest BCUT2D eigenvalue weighted by Crippen LogP contribution is 1.76. The summed E-state index contributed by atoms with van der Waals surface area (Å²) in [6.07, 6.45) is 0. The average Bonchev–Trinajstić information content (AvgIpc) is 1.65. The number of halogens is 1. The Morgan fingerprint density at radius 2 is 2.11 bits per heavy atom. The molecule has 0 aliphatic carbocycles. The molecule has 0 aromatic rings. The Balaban J connectivity index is 0. The number of hydrogen-bond donors (Lipinski definition) is 1. The van der Waals surface area contributed by atoms with Crippen molar-refractivity contribution in [2.75, 3.05) is 20.6 Å². The molecule has 0 aromatic heterocycles. The lowest BCUT2D eigenvalue weighted by atomic mass is 10.7. The van der Waals surface area contributed by atoms with Gasteiger partial charge in [-0.3, -0.25) is 0 Å². The number of hydroxylamine groups is 2. The number of carbonyl (C=O) groups is 1. The van der Waals surface area contributed by atoms with E-state index in [1.54, 1.807) is 14.1 Å². The minimum absolute atomic E-state index is 0. The van der Waals surface area contributed by atoms with Crippen LogP contribution in [0.3, 0.4) is 0 Å². The molecule has 0 fully saturated rings. The van der Waals surface area contributed by atoms with E-state index in [2.05, 4.69) is 4.84 Å². The van der Waals surface area contributed by atoms with Crippen molar-refractivity contribution in [3.05, 3.63) is 0 Å². The molecular weight excluding hydrogens is 144 g/mol. The van der Waals surface area contributed by atoms with Crippen LogP contribution in [0.1, 0.15) is 0 Å². The first kappa shape index (κ1) is 11.5. The standard InChI is InChI=1S/C4H10N2O2.ClH/c1-6(2)8-4(7)3-5;/h3,5H2,1-2H3;1H. The van der Waals surface area contributed by atoms with E-state index in [4.69, 9.17) is 5.73 Å². The zero-order valence-corrected chi connectivity index (χ0v) is 6.27. The van der Waals surface area contributed by atoms with Gasteiger partial charge in [0.2, 0.25) is 0 Å². The number of nitrogens with zero attached hydrogens (tertiary/aromatic N) is 1. The van der Waals surface area contributed by atoms with E-state index in [1.807, 2.05) is 0 Å². The Morgan fingerprint density at radius 1 is 1.67 bits per heavy atom. The van der Waals surface area contributed by atoms with Crippen LogP contribution in [0.2, 0.25) is 0 Å². The Morgan fingerprint density at radius 3 is 2.22 bits per heavy atom. The molecule has 0 radical (unpaired) electrons. The van der Waals surface area contributed by atoms with E-state index in [9.17, 15) is 4.79 Å². The van der Waals surface area contributed by atoms with Gasteiger partial charge in [0.1, 0.15) is 0 Å². The maximum absolute atomic E-state index is 10.2. The minimum atomic E-state index is -0.421. The lowest BCUT2D eigenvalue weighted by Crippen LogP contribution is -2.24. The molecule has 0 aliphatic rings. The largest absolute Gasteiger partial charge is 0.367 e. The van der Waals surface area contributed by atoms with Crippen molar-refractivity contribution in [1.82, 2.24) is 5.06 Å². The number of rotatable bonds is 2. The van der Waals surface area contributed by atoms with E-state index in [1.165, 1.54) is 5.06 Å². The molecular formula is C4H11ClN2O2. The van der Waals surface area contributed by atoms with Gasteiger partial charge in [0, 0.05) is 14.1 Å². The van der Waals surface area contributed by atoms with Crippen LogP contribution in [0.5, 0.6) is 0 Å². The predicted molar refractivity (Wildman–Crippen MR) is 36.1 cm³/mol. The molecule has 0 bridgehead atoms. The summed E-state index contributed by atoms with van der Waals surface area (Å²) in [6.45, 7) is -0.0713. The van der Waals surface area contributed by atoms with Gasteiger partial charge >= 0.3 is 5.97 Å². The van der Waals surface area contributed by atoms with Crippen LogP contribution in [0.15, 0.2) is 0 Å². The highest BCUT2D eigenvalue weighted by atomic mass is 35.5. The second-order valence-corrected chi connectivity index (χ2v) is 1.48. The van der Waals surface area contributed by atoms with Crippen LogP contribution in [0.25, 0.3) is 0 Å². The van der Waals surface area contributed by atoms with E-state index in [0.717, 1.165) is 0 Å². The van der Waals surface area contributed by atoms with Crippen molar-refractivity contribution < 1.29 is 9.63 Å². The second-order valence-electron chi connectivity index (χ2n) is 1.48. The maximum atomic E-state index is 10.2. The highest BCUT2D eigenvalue weighted by Gasteiger charge is 1.97. The van der Waals surface area contributed by atoms with Gasteiger partial charge in [0.25, 0.3) is 0 Å². The Hall–Kier alpha value is -0.320. The van der Waals surface area contributed by atoms with Crippen molar-refractivity contribution in [3.8, 4) is 0 Å². The molecule has 4 nitrogen and oxygen atoms in total. The smallest absolute Gasteiger partial charge is 0.338 e. The van der Waals surface area contributed by atoms with Gasteiger partial charge < -0.3 is 10.6 Å². The third-order valence-corrected chi connectivity index (χ3v) is 0.451. The third-order valence-electron chi connectivity index (χ3n) is 0.451. The molecule has 0 aromatic carbocycles. The lowest BCUT2D eigenvalue weighted by molar-refractivity contribution is -0.176. The van der Waals surface area contributed by atoms with E-state index in [-0.39, 0.29) is 19.0 Å². The first-order valence-electron chi connectivity index (χ1n) is 2.25.